The van der Waals surface area contributed by atoms with E-state index >= 15 is 0 Å². The maximum atomic E-state index is 7.43. The van der Waals surface area contributed by atoms with Crippen molar-refractivity contribution in [2.45, 2.75) is 12.8 Å². The van der Waals surface area contributed by atoms with E-state index in [1.54, 1.807) is 6.20 Å². The minimum absolute atomic E-state index is 0.427. The third kappa shape index (κ3) is 4.16. The first-order chi connectivity index (χ1) is 12.7. The molecule has 0 aliphatic carbocycles. The molecule has 0 aliphatic rings. The molecule has 0 aliphatic heterocycles. The summed E-state index contributed by atoms with van der Waals surface area (Å²) in [6.45, 7) is 0. The second-order valence-corrected chi connectivity index (χ2v) is 5.94. The SMILES string of the molecule is CN/C=C(\C=N)Cc1ccc(Cc2cc(-c3cccnc3N)on2)cc1. The van der Waals surface area contributed by atoms with Crippen LogP contribution in [-0.2, 0) is 12.8 Å². The van der Waals surface area contributed by atoms with Gasteiger partial charge in [-0.2, -0.15) is 0 Å². The van der Waals surface area contributed by atoms with Crippen molar-refractivity contribution in [3.05, 3.63) is 77.3 Å². The Morgan fingerprint density at radius 2 is 2.00 bits per heavy atom. The number of nitrogen functional groups attached to an aromatic ring is 1. The van der Waals surface area contributed by atoms with Gasteiger partial charge in [-0.3, -0.25) is 0 Å². The van der Waals surface area contributed by atoms with Crippen molar-refractivity contribution < 1.29 is 4.52 Å². The van der Waals surface area contributed by atoms with E-state index in [1.807, 2.05) is 31.4 Å². The number of anilines is 1. The predicted octanol–water partition coefficient (Wildman–Crippen LogP) is 3.20. The van der Waals surface area contributed by atoms with Gasteiger partial charge in [0, 0.05) is 44.6 Å². The van der Waals surface area contributed by atoms with Gasteiger partial charge in [0.25, 0.3) is 0 Å². The molecule has 0 unspecified atom stereocenters. The fourth-order valence-corrected chi connectivity index (χ4v) is 2.70. The van der Waals surface area contributed by atoms with E-state index in [2.05, 4.69) is 39.7 Å². The van der Waals surface area contributed by atoms with Crippen LogP contribution in [0.3, 0.4) is 0 Å². The van der Waals surface area contributed by atoms with Gasteiger partial charge in [-0.1, -0.05) is 29.4 Å². The van der Waals surface area contributed by atoms with Crippen molar-refractivity contribution in [3.8, 4) is 11.3 Å². The molecule has 0 saturated carbocycles. The van der Waals surface area contributed by atoms with Crippen molar-refractivity contribution in [2.75, 3.05) is 12.8 Å². The molecule has 0 fully saturated rings. The van der Waals surface area contributed by atoms with Crippen LogP contribution in [0.4, 0.5) is 5.82 Å². The standard InChI is InChI=1S/C20H21N5O/c1-23-13-16(12-21)9-14-4-6-15(7-5-14)10-17-11-19(26-25-17)18-3-2-8-24-20(18)22/h2-8,11-13,21,23H,9-10H2,1H3,(H2,22,24)/b16-13-,21-12?. The number of hydrogen-bond acceptors (Lipinski definition) is 6. The maximum absolute atomic E-state index is 7.43. The number of nitrogens with zero attached hydrogens (tertiary/aromatic N) is 2. The number of rotatable bonds is 7. The lowest BCUT2D eigenvalue weighted by Gasteiger charge is -2.04. The number of aromatic nitrogens is 2. The number of pyridine rings is 1. The Hall–Kier alpha value is -3.41. The Morgan fingerprint density at radius 3 is 2.69 bits per heavy atom. The lowest BCUT2D eigenvalue weighted by atomic mass is 10.0. The van der Waals surface area contributed by atoms with Gasteiger partial charge >= 0.3 is 0 Å². The first kappa shape index (κ1) is 17.4. The Morgan fingerprint density at radius 1 is 1.23 bits per heavy atom. The van der Waals surface area contributed by atoms with E-state index in [1.165, 1.54) is 6.21 Å². The molecule has 6 heteroatoms. The Labute approximate surface area is 152 Å². The summed E-state index contributed by atoms with van der Waals surface area (Å²) in [7, 11) is 1.83. The van der Waals surface area contributed by atoms with Crippen LogP contribution < -0.4 is 11.1 Å². The summed E-state index contributed by atoms with van der Waals surface area (Å²) in [5.41, 5.74) is 10.7. The highest BCUT2D eigenvalue weighted by Gasteiger charge is 2.10. The minimum atomic E-state index is 0.427. The van der Waals surface area contributed by atoms with Gasteiger partial charge < -0.3 is 21.0 Å². The molecule has 0 amide bonds. The minimum Gasteiger partial charge on any atom is -0.394 e. The molecule has 6 nitrogen and oxygen atoms in total. The summed E-state index contributed by atoms with van der Waals surface area (Å²) in [5.74, 6) is 1.05. The van der Waals surface area contributed by atoms with E-state index in [4.69, 9.17) is 15.7 Å². The van der Waals surface area contributed by atoms with Crippen molar-refractivity contribution in [3.63, 3.8) is 0 Å². The Bertz CT molecular complexity index is 912. The lowest BCUT2D eigenvalue weighted by Crippen LogP contribution is -2.00. The van der Waals surface area contributed by atoms with E-state index in [0.717, 1.165) is 34.4 Å². The highest BCUT2D eigenvalue weighted by Crippen LogP contribution is 2.25. The molecule has 0 radical (unpaired) electrons. The highest BCUT2D eigenvalue weighted by atomic mass is 16.5. The topological polar surface area (TPSA) is 101 Å². The first-order valence-electron chi connectivity index (χ1n) is 8.30. The van der Waals surface area contributed by atoms with Crippen LogP contribution in [0.2, 0.25) is 0 Å². The zero-order valence-electron chi connectivity index (χ0n) is 14.6. The molecule has 26 heavy (non-hydrogen) atoms. The average molecular weight is 347 g/mol. The summed E-state index contributed by atoms with van der Waals surface area (Å²) in [5, 5.41) is 14.5. The van der Waals surface area contributed by atoms with Crippen LogP contribution in [0.1, 0.15) is 16.8 Å². The first-order valence-corrected chi connectivity index (χ1v) is 8.30. The number of benzene rings is 1. The molecule has 0 atom stereocenters. The third-order valence-electron chi connectivity index (χ3n) is 3.99. The molecule has 3 aromatic rings. The molecule has 0 spiro atoms. The smallest absolute Gasteiger partial charge is 0.170 e. The second kappa shape index (κ2) is 8.11. The van der Waals surface area contributed by atoms with Gasteiger partial charge in [0.05, 0.1) is 11.3 Å². The zero-order valence-corrected chi connectivity index (χ0v) is 14.6. The monoisotopic (exact) mass is 347 g/mol. The van der Waals surface area contributed by atoms with Gasteiger partial charge in [0.2, 0.25) is 0 Å². The van der Waals surface area contributed by atoms with Crippen molar-refractivity contribution in [1.29, 1.82) is 5.41 Å². The second-order valence-electron chi connectivity index (χ2n) is 5.94. The molecular formula is C20H21N5O. The van der Waals surface area contributed by atoms with Crippen LogP contribution in [-0.4, -0.2) is 23.4 Å². The summed E-state index contributed by atoms with van der Waals surface area (Å²) < 4.78 is 5.41. The average Bonchev–Trinajstić information content (AvgIpc) is 3.11. The quantitative estimate of drug-likeness (QED) is 0.570. The van der Waals surface area contributed by atoms with Crippen molar-refractivity contribution >= 4 is 12.0 Å². The van der Waals surface area contributed by atoms with Crippen LogP contribution >= 0.6 is 0 Å². The largest absolute Gasteiger partial charge is 0.394 e. The molecule has 132 valence electrons. The van der Waals surface area contributed by atoms with E-state index < -0.39 is 0 Å². The fraction of sp³-hybridized carbons (Fsp3) is 0.150. The van der Waals surface area contributed by atoms with Crippen LogP contribution in [0.15, 0.2) is 65.0 Å². The van der Waals surface area contributed by atoms with Gasteiger partial charge in [0.15, 0.2) is 5.76 Å². The van der Waals surface area contributed by atoms with Crippen molar-refractivity contribution in [2.24, 2.45) is 0 Å². The fourth-order valence-electron chi connectivity index (χ4n) is 2.70. The molecule has 2 heterocycles. The predicted molar refractivity (Wildman–Crippen MR) is 103 cm³/mol. The molecular weight excluding hydrogens is 326 g/mol. The van der Waals surface area contributed by atoms with Crippen LogP contribution in [0.5, 0.6) is 0 Å². The van der Waals surface area contributed by atoms with Gasteiger partial charge in [-0.15, -0.1) is 0 Å². The summed E-state index contributed by atoms with van der Waals surface area (Å²) in [6.07, 6.45) is 6.24. The van der Waals surface area contributed by atoms with Crippen molar-refractivity contribution in [1.82, 2.24) is 15.5 Å². The molecule has 0 bridgehead atoms. The van der Waals surface area contributed by atoms with E-state index in [9.17, 15) is 0 Å². The summed E-state index contributed by atoms with van der Waals surface area (Å²) in [6, 6.07) is 13.9. The molecule has 4 N–H and O–H groups in total. The molecule has 3 rings (SSSR count). The van der Waals surface area contributed by atoms with E-state index in [-0.39, 0.29) is 0 Å². The zero-order chi connectivity index (χ0) is 18.4. The molecule has 2 aromatic heterocycles. The maximum Gasteiger partial charge on any atom is 0.170 e. The molecule has 1 aromatic carbocycles. The number of nitrogens with two attached hydrogens (primary N) is 1. The highest BCUT2D eigenvalue weighted by molar-refractivity contribution is 5.76. The Kier molecular flexibility index (Phi) is 5.43. The van der Waals surface area contributed by atoms with Gasteiger partial charge in [-0.05, 0) is 28.8 Å². The number of hydrogen-bond donors (Lipinski definition) is 3. The van der Waals surface area contributed by atoms with Crippen LogP contribution in [0.25, 0.3) is 11.3 Å². The summed E-state index contributed by atoms with van der Waals surface area (Å²) in [4.78, 5) is 4.07. The number of allylic oxidation sites excluding steroid dienone is 1. The Balaban J connectivity index is 1.69. The molecule has 0 saturated heterocycles. The van der Waals surface area contributed by atoms with Gasteiger partial charge in [-0.25, -0.2) is 4.98 Å². The summed E-state index contributed by atoms with van der Waals surface area (Å²) >= 11 is 0. The number of nitrogens with one attached hydrogen (secondary N) is 2. The normalized spacial score (nSPS) is 11.3. The van der Waals surface area contributed by atoms with Crippen LogP contribution in [0, 0.1) is 5.41 Å². The lowest BCUT2D eigenvalue weighted by molar-refractivity contribution is 0.425. The van der Waals surface area contributed by atoms with Gasteiger partial charge in [0.1, 0.15) is 5.82 Å². The third-order valence-corrected chi connectivity index (χ3v) is 3.99. The van der Waals surface area contributed by atoms with E-state index in [0.29, 0.717) is 18.0 Å².